The quantitative estimate of drug-likeness (QED) is 0.543. The average molecular weight is 445 g/mol. The molecule has 5 heteroatoms. The van der Waals surface area contributed by atoms with Crippen LogP contribution in [-0.4, -0.2) is 33.4 Å². The number of hydrogen-bond acceptors (Lipinski definition) is 3. The number of carbonyl (C=O) groups is 1. The van der Waals surface area contributed by atoms with Crippen molar-refractivity contribution in [2.24, 2.45) is 18.9 Å². The van der Waals surface area contributed by atoms with E-state index in [1.807, 2.05) is 18.3 Å². The third-order valence-electron chi connectivity index (χ3n) is 7.66. The third kappa shape index (κ3) is 5.14. The normalized spacial score (nSPS) is 20.8. The van der Waals surface area contributed by atoms with Crippen molar-refractivity contribution >= 4 is 16.8 Å². The van der Waals surface area contributed by atoms with E-state index in [-0.39, 0.29) is 11.9 Å². The number of nitrogens with zero attached hydrogens (tertiary/aromatic N) is 3. The molecule has 2 atom stereocenters. The lowest BCUT2D eigenvalue weighted by atomic mass is 9.87. The molecule has 0 unspecified atom stereocenters. The fourth-order valence-corrected chi connectivity index (χ4v) is 6.00. The van der Waals surface area contributed by atoms with Crippen LogP contribution in [0.1, 0.15) is 62.2 Å². The molecule has 33 heavy (non-hydrogen) atoms. The first-order valence-electron chi connectivity index (χ1n) is 12.6. The molecule has 1 N–H and O–H groups in total. The molecule has 2 aromatic heterocycles. The molecule has 2 aliphatic rings. The lowest BCUT2D eigenvalue weighted by Crippen LogP contribution is -2.43. The van der Waals surface area contributed by atoms with Crippen molar-refractivity contribution in [3.8, 4) is 0 Å². The predicted molar refractivity (Wildman–Crippen MR) is 133 cm³/mol. The van der Waals surface area contributed by atoms with Crippen LogP contribution in [0.15, 0.2) is 54.9 Å². The van der Waals surface area contributed by atoms with Crippen molar-refractivity contribution in [1.82, 2.24) is 19.8 Å². The smallest absolute Gasteiger partial charge is 0.220 e. The molecule has 1 aromatic carbocycles. The van der Waals surface area contributed by atoms with Gasteiger partial charge < -0.3 is 9.88 Å². The first-order chi connectivity index (χ1) is 16.2. The molecule has 2 fully saturated rings. The summed E-state index contributed by atoms with van der Waals surface area (Å²) in [6, 6.07) is 14.7. The van der Waals surface area contributed by atoms with Gasteiger partial charge in [0.05, 0.1) is 11.7 Å². The first kappa shape index (κ1) is 22.1. The second kappa shape index (κ2) is 10.1. The summed E-state index contributed by atoms with van der Waals surface area (Å²) in [5.41, 5.74) is 3.66. The van der Waals surface area contributed by atoms with Gasteiger partial charge in [0.1, 0.15) is 0 Å². The first-order valence-corrected chi connectivity index (χ1v) is 12.6. The molecule has 1 saturated heterocycles. The number of hydrogen-bond donors (Lipinski definition) is 1. The Morgan fingerprint density at radius 3 is 2.73 bits per heavy atom. The van der Waals surface area contributed by atoms with E-state index in [1.165, 1.54) is 42.1 Å². The van der Waals surface area contributed by atoms with E-state index in [1.54, 1.807) is 0 Å². The van der Waals surface area contributed by atoms with Gasteiger partial charge in [-0.15, -0.1) is 0 Å². The Hall–Kier alpha value is -2.66. The van der Waals surface area contributed by atoms with Crippen LogP contribution >= 0.6 is 0 Å². The summed E-state index contributed by atoms with van der Waals surface area (Å²) < 4.78 is 2.23. The third-order valence-corrected chi connectivity index (χ3v) is 7.66. The zero-order chi connectivity index (χ0) is 22.6. The second-order valence-electron chi connectivity index (χ2n) is 10.1. The number of nitrogens with one attached hydrogen (secondary N) is 1. The highest BCUT2D eigenvalue weighted by atomic mass is 16.1. The lowest BCUT2D eigenvalue weighted by molar-refractivity contribution is -0.123. The fraction of sp³-hybridized carbons (Fsp3) is 0.500. The van der Waals surface area contributed by atoms with Gasteiger partial charge in [-0.3, -0.25) is 14.7 Å². The molecule has 5 rings (SSSR count). The molecule has 0 radical (unpaired) electrons. The van der Waals surface area contributed by atoms with E-state index >= 15 is 0 Å². The van der Waals surface area contributed by atoms with Crippen molar-refractivity contribution < 1.29 is 4.79 Å². The Kier molecular flexibility index (Phi) is 6.77. The minimum Gasteiger partial charge on any atom is -0.350 e. The van der Waals surface area contributed by atoms with Crippen LogP contribution in [0.25, 0.3) is 10.9 Å². The van der Waals surface area contributed by atoms with E-state index < -0.39 is 0 Å². The van der Waals surface area contributed by atoms with Gasteiger partial charge >= 0.3 is 0 Å². The fourth-order valence-electron chi connectivity index (χ4n) is 6.00. The Morgan fingerprint density at radius 1 is 1.09 bits per heavy atom. The van der Waals surface area contributed by atoms with E-state index in [2.05, 4.69) is 63.3 Å². The summed E-state index contributed by atoms with van der Waals surface area (Å²) >= 11 is 0. The van der Waals surface area contributed by atoms with Gasteiger partial charge in [-0.1, -0.05) is 37.1 Å². The molecule has 1 aliphatic heterocycles. The van der Waals surface area contributed by atoms with Gasteiger partial charge in [0.2, 0.25) is 5.91 Å². The van der Waals surface area contributed by atoms with E-state index in [4.69, 9.17) is 0 Å². The van der Waals surface area contributed by atoms with Crippen LogP contribution in [0.4, 0.5) is 0 Å². The summed E-state index contributed by atoms with van der Waals surface area (Å²) in [5.74, 6) is 1.13. The number of fused-ring (bicyclic) bond motifs is 1. The maximum Gasteiger partial charge on any atom is 0.220 e. The molecule has 3 aromatic rings. The Balaban J connectivity index is 1.31. The van der Waals surface area contributed by atoms with Crippen molar-refractivity contribution in [1.29, 1.82) is 0 Å². The SMILES string of the molecule is Cn1cc(CN2CCC[C@@H]([C@@H](NC(=O)CC3CCCC3)c3ccccn3)C2)c2ccccc21. The average Bonchev–Trinajstić information content (AvgIpc) is 3.46. The molecule has 5 nitrogen and oxygen atoms in total. The Bertz CT molecular complexity index is 1070. The number of likely N-dealkylation sites (tertiary alicyclic amines) is 1. The van der Waals surface area contributed by atoms with Gasteiger partial charge in [0, 0.05) is 49.9 Å². The summed E-state index contributed by atoms with van der Waals surface area (Å²) in [6.45, 7) is 3.03. The van der Waals surface area contributed by atoms with Crippen LogP contribution in [0.5, 0.6) is 0 Å². The maximum absolute atomic E-state index is 13.0. The molecule has 1 amide bonds. The standard InChI is InChI=1S/C28H36N4O/c1-31-18-23(24-12-4-5-14-26(24)31)20-32-16-8-11-22(19-32)28(25-13-6-7-15-29-25)30-27(33)17-21-9-2-3-10-21/h4-7,12-15,18,21-22,28H,2-3,8-11,16-17,19-20H2,1H3,(H,30,33)/t22-,28-/m1/s1. The van der Waals surface area contributed by atoms with Gasteiger partial charge in [0.15, 0.2) is 0 Å². The highest BCUT2D eigenvalue weighted by Crippen LogP contribution is 2.32. The van der Waals surface area contributed by atoms with E-state index in [0.717, 1.165) is 38.2 Å². The number of pyridine rings is 1. The van der Waals surface area contributed by atoms with Crippen LogP contribution in [0.3, 0.4) is 0 Å². The number of rotatable bonds is 7. The van der Waals surface area contributed by atoms with Crippen molar-refractivity contribution in [3.63, 3.8) is 0 Å². The molecule has 1 aliphatic carbocycles. The molecule has 174 valence electrons. The molecular weight excluding hydrogens is 408 g/mol. The topological polar surface area (TPSA) is 50.2 Å². The summed E-state index contributed by atoms with van der Waals surface area (Å²) in [6.07, 6.45) is 12.0. The van der Waals surface area contributed by atoms with Crippen molar-refractivity contribution in [3.05, 3.63) is 66.1 Å². The molecule has 0 spiro atoms. The highest BCUT2D eigenvalue weighted by molar-refractivity contribution is 5.83. The minimum absolute atomic E-state index is 0.0181. The lowest BCUT2D eigenvalue weighted by Gasteiger charge is -2.37. The molecule has 1 saturated carbocycles. The van der Waals surface area contributed by atoms with Crippen LogP contribution in [0.2, 0.25) is 0 Å². The number of aryl methyl sites for hydroxylation is 1. The monoisotopic (exact) mass is 444 g/mol. The number of aromatic nitrogens is 2. The van der Waals surface area contributed by atoms with Gasteiger partial charge in [0.25, 0.3) is 0 Å². The van der Waals surface area contributed by atoms with E-state index in [0.29, 0.717) is 18.3 Å². The predicted octanol–water partition coefficient (Wildman–Crippen LogP) is 5.22. The van der Waals surface area contributed by atoms with Crippen LogP contribution in [0, 0.1) is 11.8 Å². The molecule has 3 heterocycles. The van der Waals surface area contributed by atoms with Crippen LogP contribution in [-0.2, 0) is 18.4 Å². The Morgan fingerprint density at radius 2 is 1.91 bits per heavy atom. The zero-order valence-corrected chi connectivity index (χ0v) is 19.7. The number of para-hydroxylation sites is 1. The van der Waals surface area contributed by atoms with Crippen LogP contribution < -0.4 is 5.32 Å². The Labute approximate surface area is 197 Å². The van der Waals surface area contributed by atoms with Crippen molar-refractivity contribution in [2.75, 3.05) is 13.1 Å². The highest BCUT2D eigenvalue weighted by Gasteiger charge is 2.31. The maximum atomic E-state index is 13.0. The number of benzene rings is 1. The van der Waals surface area contributed by atoms with Gasteiger partial charge in [-0.05, 0) is 67.8 Å². The second-order valence-corrected chi connectivity index (χ2v) is 10.1. The van der Waals surface area contributed by atoms with E-state index in [9.17, 15) is 4.79 Å². The van der Waals surface area contributed by atoms with Gasteiger partial charge in [-0.2, -0.15) is 0 Å². The molecule has 0 bridgehead atoms. The summed E-state index contributed by atoms with van der Waals surface area (Å²) in [7, 11) is 2.13. The molecular formula is C28H36N4O. The number of carbonyl (C=O) groups excluding carboxylic acids is 1. The van der Waals surface area contributed by atoms with Crippen molar-refractivity contribution in [2.45, 2.75) is 57.5 Å². The number of piperidine rings is 1. The minimum atomic E-state index is -0.0181. The van der Waals surface area contributed by atoms with Gasteiger partial charge in [-0.25, -0.2) is 0 Å². The largest absolute Gasteiger partial charge is 0.350 e. The zero-order valence-electron chi connectivity index (χ0n) is 19.7. The summed E-state index contributed by atoms with van der Waals surface area (Å²) in [5, 5.41) is 4.76. The number of amides is 1. The summed E-state index contributed by atoms with van der Waals surface area (Å²) in [4.78, 5) is 20.2.